The average Bonchev–Trinajstić information content (AvgIpc) is 2.72. The molecule has 2 bridgehead atoms. The van der Waals surface area contributed by atoms with Gasteiger partial charge in [-0.05, 0) is 31.9 Å². The van der Waals surface area contributed by atoms with Gasteiger partial charge in [0, 0.05) is 11.6 Å². The van der Waals surface area contributed by atoms with Crippen molar-refractivity contribution in [3.8, 4) is 0 Å². The highest BCUT2D eigenvalue weighted by Gasteiger charge is 2.75. The molecule has 0 aromatic carbocycles. The second-order valence-electron chi connectivity index (χ2n) is 6.49. The van der Waals surface area contributed by atoms with Crippen LogP contribution in [0.25, 0.3) is 0 Å². The molecular formula is C15H17ClN2O3. The number of rotatable bonds is 2. The Hall–Kier alpha value is -1.62. The fraction of sp³-hybridized carbons (Fsp3) is 0.533. The number of amides is 1. The van der Waals surface area contributed by atoms with Gasteiger partial charge < -0.3 is 10.1 Å². The zero-order valence-electron chi connectivity index (χ0n) is 12.2. The van der Waals surface area contributed by atoms with Gasteiger partial charge in [-0.2, -0.15) is 0 Å². The fourth-order valence-corrected chi connectivity index (χ4v) is 3.53. The summed E-state index contributed by atoms with van der Waals surface area (Å²) in [5, 5.41) is 3.23. The van der Waals surface area contributed by atoms with E-state index in [1.165, 1.54) is 6.20 Å². The highest BCUT2D eigenvalue weighted by Crippen LogP contribution is 2.65. The molecule has 1 aliphatic heterocycles. The van der Waals surface area contributed by atoms with Crippen molar-refractivity contribution in [2.45, 2.75) is 39.2 Å². The zero-order chi connectivity index (χ0) is 15.5. The Bertz CT molecular complexity index is 628. The van der Waals surface area contributed by atoms with Gasteiger partial charge >= 0.3 is 5.97 Å². The normalized spacial score (nSPS) is 32.9. The van der Waals surface area contributed by atoms with Crippen LogP contribution in [0.15, 0.2) is 18.3 Å². The molecule has 2 aliphatic rings. The van der Waals surface area contributed by atoms with Gasteiger partial charge in [0.1, 0.15) is 5.82 Å². The van der Waals surface area contributed by atoms with Crippen molar-refractivity contribution in [3.05, 3.63) is 23.4 Å². The number of carbonyl (C=O) groups excluding carboxylic acids is 2. The van der Waals surface area contributed by atoms with E-state index in [-0.39, 0.29) is 11.9 Å². The molecule has 1 aromatic rings. The van der Waals surface area contributed by atoms with E-state index in [9.17, 15) is 9.59 Å². The lowest BCUT2D eigenvalue weighted by Crippen LogP contribution is -2.50. The minimum Gasteiger partial charge on any atom is -0.448 e. The number of aromatic nitrogens is 1. The zero-order valence-corrected chi connectivity index (χ0v) is 13.0. The van der Waals surface area contributed by atoms with Crippen LogP contribution >= 0.6 is 11.6 Å². The molecular weight excluding hydrogens is 292 g/mol. The van der Waals surface area contributed by atoms with E-state index >= 15 is 0 Å². The molecule has 1 aliphatic carbocycles. The highest BCUT2D eigenvalue weighted by atomic mass is 35.5. The maximum atomic E-state index is 12.7. The van der Waals surface area contributed by atoms with E-state index in [4.69, 9.17) is 16.3 Å². The minimum absolute atomic E-state index is 0.294. The molecule has 5 nitrogen and oxygen atoms in total. The molecule has 6 heteroatoms. The van der Waals surface area contributed by atoms with Crippen LogP contribution in [-0.2, 0) is 14.3 Å². The monoisotopic (exact) mass is 308 g/mol. The minimum atomic E-state index is -1.12. The van der Waals surface area contributed by atoms with E-state index in [1.807, 2.05) is 20.8 Å². The lowest BCUT2D eigenvalue weighted by atomic mass is 9.66. The topological polar surface area (TPSA) is 68.3 Å². The van der Waals surface area contributed by atoms with Crippen LogP contribution in [0.2, 0.25) is 5.02 Å². The van der Waals surface area contributed by atoms with Crippen molar-refractivity contribution >= 4 is 29.3 Å². The molecule has 1 amide bonds. The van der Waals surface area contributed by atoms with Gasteiger partial charge in [0.2, 0.25) is 0 Å². The van der Waals surface area contributed by atoms with Gasteiger partial charge in [-0.15, -0.1) is 0 Å². The Morgan fingerprint density at radius 2 is 2.05 bits per heavy atom. The number of nitrogens with zero attached hydrogens (tertiary/aromatic N) is 1. The Morgan fingerprint density at radius 1 is 1.33 bits per heavy atom. The maximum absolute atomic E-state index is 12.7. The van der Waals surface area contributed by atoms with E-state index in [0.29, 0.717) is 23.7 Å². The molecule has 0 unspecified atom stereocenters. The van der Waals surface area contributed by atoms with Crippen LogP contribution in [-0.4, -0.2) is 22.5 Å². The van der Waals surface area contributed by atoms with Crippen LogP contribution in [0.1, 0.15) is 33.6 Å². The first kappa shape index (κ1) is 14.3. The van der Waals surface area contributed by atoms with Crippen LogP contribution in [0.5, 0.6) is 0 Å². The van der Waals surface area contributed by atoms with Crippen molar-refractivity contribution in [1.82, 2.24) is 4.98 Å². The van der Waals surface area contributed by atoms with Crippen molar-refractivity contribution in [2.24, 2.45) is 10.8 Å². The molecule has 2 atom stereocenters. The molecule has 1 aromatic heterocycles. The fourth-order valence-electron chi connectivity index (χ4n) is 3.41. The van der Waals surface area contributed by atoms with Gasteiger partial charge in [0.15, 0.2) is 5.60 Å². The predicted molar refractivity (Wildman–Crippen MR) is 77.8 cm³/mol. The first-order valence-corrected chi connectivity index (χ1v) is 7.27. The molecule has 1 N–H and O–H groups in total. The summed E-state index contributed by atoms with van der Waals surface area (Å²) in [7, 11) is 0. The van der Waals surface area contributed by atoms with Crippen LogP contribution < -0.4 is 5.32 Å². The van der Waals surface area contributed by atoms with Crippen LogP contribution in [0.3, 0.4) is 0 Å². The third-order valence-corrected chi connectivity index (χ3v) is 5.64. The largest absolute Gasteiger partial charge is 0.448 e. The first-order valence-electron chi connectivity index (χ1n) is 6.89. The van der Waals surface area contributed by atoms with Crippen LogP contribution in [0, 0.1) is 10.8 Å². The molecule has 2 heterocycles. The Labute approximate surface area is 128 Å². The molecule has 0 radical (unpaired) electrons. The number of pyridine rings is 1. The summed E-state index contributed by atoms with van der Waals surface area (Å²) in [4.78, 5) is 28.9. The van der Waals surface area contributed by atoms with E-state index < -0.39 is 16.4 Å². The first-order chi connectivity index (χ1) is 9.73. The van der Waals surface area contributed by atoms with E-state index in [1.54, 1.807) is 12.1 Å². The number of nitrogens with one attached hydrogen (secondary N) is 1. The number of fused-ring (bicyclic) bond motifs is 2. The highest BCUT2D eigenvalue weighted by molar-refractivity contribution is 6.30. The van der Waals surface area contributed by atoms with Crippen molar-refractivity contribution in [2.75, 3.05) is 5.32 Å². The number of halogens is 1. The van der Waals surface area contributed by atoms with Crippen molar-refractivity contribution in [1.29, 1.82) is 0 Å². The number of carbonyl (C=O) groups is 2. The van der Waals surface area contributed by atoms with Crippen molar-refractivity contribution < 1.29 is 14.3 Å². The quantitative estimate of drug-likeness (QED) is 0.853. The van der Waals surface area contributed by atoms with Gasteiger partial charge in [0.05, 0.1) is 10.4 Å². The third-order valence-electron chi connectivity index (χ3n) is 5.42. The number of hydrogen-bond donors (Lipinski definition) is 1. The van der Waals surface area contributed by atoms with Crippen LogP contribution in [0.4, 0.5) is 5.82 Å². The van der Waals surface area contributed by atoms with Crippen molar-refractivity contribution in [3.63, 3.8) is 0 Å². The number of hydrogen-bond acceptors (Lipinski definition) is 4. The SMILES string of the molecule is CC1(C)[C@]2(C)CC[C@]1(C(=O)Nc1ccc(Cl)cn1)OC2=O. The standard InChI is InChI=1S/C15H17ClN2O3/c1-13(2)14(3)6-7-15(13,21-12(14)20)11(19)18-10-5-4-9(16)8-17-10/h4-5,8H,6-7H2,1-3H3,(H,17,18,19)/t14-,15-/m1/s1. The summed E-state index contributed by atoms with van der Waals surface area (Å²) in [6.07, 6.45) is 2.64. The summed E-state index contributed by atoms with van der Waals surface area (Å²) in [5.74, 6) is -0.221. The second kappa shape index (κ2) is 4.19. The van der Waals surface area contributed by atoms with E-state index in [2.05, 4.69) is 10.3 Å². The molecule has 1 saturated carbocycles. The number of ether oxygens (including phenoxy) is 1. The maximum Gasteiger partial charge on any atom is 0.313 e. The molecule has 0 spiro atoms. The molecule has 1 saturated heterocycles. The molecule has 112 valence electrons. The smallest absolute Gasteiger partial charge is 0.313 e. The Balaban J connectivity index is 1.91. The lowest BCUT2D eigenvalue weighted by molar-refractivity contribution is -0.165. The summed E-state index contributed by atoms with van der Waals surface area (Å²) in [6.45, 7) is 5.71. The van der Waals surface area contributed by atoms with E-state index in [0.717, 1.165) is 0 Å². The summed E-state index contributed by atoms with van der Waals surface area (Å²) in [5.41, 5.74) is -2.30. The summed E-state index contributed by atoms with van der Waals surface area (Å²) in [6, 6.07) is 3.27. The Kier molecular flexibility index (Phi) is 2.86. The van der Waals surface area contributed by atoms with Gasteiger partial charge in [-0.25, -0.2) is 4.98 Å². The lowest BCUT2D eigenvalue weighted by Gasteiger charge is -2.35. The number of esters is 1. The second-order valence-corrected chi connectivity index (χ2v) is 6.93. The van der Waals surface area contributed by atoms with Gasteiger partial charge in [-0.1, -0.05) is 25.4 Å². The molecule has 3 rings (SSSR count). The number of anilines is 1. The molecule has 2 fully saturated rings. The van der Waals surface area contributed by atoms with Gasteiger partial charge in [0.25, 0.3) is 5.91 Å². The third kappa shape index (κ3) is 1.67. The summed E-state index contributed by atoms with van der Waals surface area (Å²) >= 11 is 5.77. The Morgan fingerprint density at radius 3 is 2.52 bits per heavy atom. The summed E-state index contributed by atoms with van der Waals surface area (Å²) < 4.78 is 5.52. The van der Waals surface area contributed by atoms with Gasteiger partial charge in [-0.3, -0.25) is 9.59 Å². The molecule has 21 heavy (non-hydrogen) atoms. The predicted octanol–water partition coefficient (Wildman–Crippen LogP) is 2.80. The average molecular weight is 309 g/mol.